The van der Waals surface area contributed by atoms with E-state index in [0.29, 0.717) is 12.1 Å². The standard InChI is InChI=1S/C18H21N4.2CH3.ClH.Pt/c1-2-10-18(22-14-16-8-4-6-12-20-16)17(9-1)21-13-15-7-3-5-11-19-15;;;;/h3-8,11-14,17-18,21H,1-2,9-10H2;2*1H3;1H;/q3*-1;;+1/p-1/t17-,18+;;;;/m1..../s1. The Balaban J connectivity index is 0.00000151. The average Bonchev–Trinajstić information content (AvgIpc) is 2.68. The predicted octanol–water partition coefficient (Wildman–Crippen LogP) is 4.59. The van der Waals surface area contributed by atoms with Gasteiger partial charge in [-0.2, -0.15) is 6.07 Å². The first-order valence-electron chi connectivity index (χ1n) is 7.98. The van der Waals surface area contributed by atoms with Gasteiger partial charge >= 0.3 is 28.2 Å². The molecule has 0 aliphatic heterocycles. The molecule has 1 fully saturated rings. The molecule has 1 N–H and O–H groups in total. The maximum atomic E-state index is 4.76. The molecule has 2 heterocycles. The van der Waals surface area contributed by atoms with E-state index in [2.05, 4.69) is 24.7 Å². The van der Waals surface area contributed by atoms with Crippen LogP contribution in [0.3, 0.4) is 0 Å². The fourth-order valence-electron chi connectivity index (χ4n) is 2.76. The van der Waals surface area contributed by atoms with Gasteiger partial charge in [0.25, 0.3) is 0 Å². The van der Waals surface area contributed by atoms with E-state index in [4.69, 9.17) is 4.99 Å². The van der Waals surface area contributed by atoms with Gasteiger partial charge in [0.15, 0.2) is 0 Å². The fraction of sp³-hybridized carbons (Fsp3) is 0.300. The van der Waals surface area contributed by atoms with Gasteiger partial charge in [0.2, 0.25) is 0 Å². The Labute approximate surface area is 173 Å². The molecular weight excluding hydrogens is 527 g/mol. The first-order chi connectivity index (χ1) is 11.9. The van der Waals surface area contributed by atoms with Gasteiger partial charge in [0, 0.05) is 24.7 Å². The number of aliphatic imine (C=N–C) groups is 1. The van der Waals surface area contributed by atoms with Gasteiger partial charge in [0.1, 0.15) is 0 Å². The van der Waals surface area contributed by atoms with Crippen LogP contribution in [0.5, 0.6) is 0 Å². The molecule has 0 bridgehead atoms. The van der Waals surface area contributed by atoms with Crippen molar-refractivity contribution in [3.05, 3.63) is 81.6 Å². The van der Waals surface area contributed by atoms with Gasteiger partial charge in [-0.15, -0.1) is 12.6 Å². The summed E-state index contributed by atoms with van der Waals surface area (Å²) >= 11 is 1.61. The molecule has 2 atom stereocenters. The normalized spacial score (nSPS) is 18.7. The second-order valence-electron chi connectivity index (χ2n) is 5.56. The van der Waals surface area contributed by atoms with Crippen molar-refractivity contribution >= 4 is 15.6 Å². The molecule has 0 radical (unpaired) electrons. The summed E-state index contributed by atoms with van der Waals surface area (Å²) in [5, 5.41) is 3.50. The number of hydrogen-bond acceptors (Lipinski definition) is 4. The Kier molecular flexibility index (Phi) is 14.2. The summed E-state index contributed by atoms with van der Waals surface area (Å²) in [6.07, 6.45) is 10.3. The maximum absolute atomic E-state index is 4.76. The van der Waals surface area contributed by atoms with E-state index in [0.717, 1.165) is 24.2 Å². The first-order valence-corrected chi connectivity index (χ1v) is 10.8. The molecule has 0 unspecified atom stereocenters. The van der Waals surface area contributed by atoms with E-state index < -0.39 is 0 Å². The minimum atomic E-state index is 0. The van der Waals surface area contributed by atoms with Crippen LogP contribution in [0, 0.1) is 21.4 Å². The van der Waals surface area contributed by atoms with Crippen LogP contribution in [0.1, 0.15) is 37.1 Å². The molecule has 1 aliphatic carbocycles. The zero-order chi connectivity index (χ0) is 17.0. The molecular formula is C20H27ClN4Pt-3. The third-order valence-corrected chi connectivity index (χ3v) is 3.95. The second kappa shape index (κ2) is 14.9. The molecule has 0 aromatic carbocycles. The van der Waals surface area contributed by atoms with Gasteiger partial charge in [-0.3, -0.25) is 15.0 Å². The van der Waals surface area contributed by atoms with Crippen LogP contribution in [0.2, 0.25) is 0 Å². The number of nitrogens with zero attached hydrogens (tertiary/aromatic N) is 3. The second-order valence-corrected chi connectivity index (χ2v) is 5.56. The number of nitrogens with one attached hydrogen (secondary N) is 1. The van der Waals surface area contributed by atoms with Gasteiger partial charge < -0.3 is 20.2 Å². The van der Waals surface area contributed by atoms with Crippen molar-refractivity contribution < 1.29 is 18.8 Å². The third kappa shape index (κ3) is 8.44. The first kappa shape index (κ1) is 24.8. The molecule has 0 saturated heterocycles. The monoisotopic (exact) mass is 553 g/mol. The minimum absolute atomic E-state index is 0. The zero-order valence-electron chi connectivity index (χ0n) is 15.3. The van der Waals surface area contributed by atoms with Gasteiger partial charge in [-0.25, -0.2) is 0 Å². The van der Waals surface area contributed by atoms with Crippen LogP contribution in [-0.2, 0) is 18.8 Å². The van der Waals surface area contributed by atoms with E-state index in [-0.39, 0.29) is 14.9 Å². The van der Waals surface area contributed by atoms with Crippen LogP contribution >= 0.6 is 9.42 Å². The molecule has 1 aliphatic rings. The van der Waals surface area contributed by atoms with Crippen molar-refractivity contribution in [2.24, 2.45) is 4.99 Å². The molecule has 0 amide bonds. The zero-order valence-corrected chi connectivity index (χ0v) is 18.3. The van der Waals surface area contributed by atoms with Crippen molar-refractivity contribution in [1.82, 2.24) is 15.3 Å². The molecule has 147 valence electrons. The van der Waals surface area contributed by atoms with Crippen LogP contribution in [-0.4, -0.2) is 28.3 Å². The Morgan fingerprint density at radius 3 is 2.38 bits per heavy atom. The average molecular weight is 554 g/mol. The van der Waals surface area contributed by atoms with Crippen LogP contribution < -0.4 is 5.32 Å². The quantitative estimate of drug-likeness (QED) is 0.435. The van der Waals surface area contributed by atoms with Crippen molar-refractivity contribution in [2.75, 3.05) is 0 Å². The number of rotatable bonds is 5. The number of halogens is 1. The summed E-state index contributed by atoms with van der Waals surface area (Å²) in [5.74, 6) is 0. The van der Waals surface area contributed by atoms with E-state index in [1.165, 1.54) is 12.8 Å². The van der Waals surface area contributed by atoms with Crippen molar-refractivity contribution in [1.29, 1.82) is 0 Å². The van der Waals surface area contributed by atoms with E-state index in [9.17, 15) is 0 Å². The third-order valence-electron chi connectivity index (χ3n) is 3.95. The van der Waals surface area contributed by atoms with Crippen LogP contribution in [0.4, 0.5) is 0 Å². The summed E-state index contributed by atoms with van der Waals surface area (Å²) < 4.78 is 0. The molecule has 2 aromatic rings. The van der Waals surface area contributed by atoms with Crippen LogP contribution in [0.25, 0.3) is 0 Å². The topological polar surface area (TPSA) is 50.2 Å². The molecule has 4 nitrogen and oxygen atoms in total. The number of aromatic nitrogens is 2. The number of hydrogen-bond donors (Lipinski definition) is 1. The van der Waals surface area contributed by atoms with Crippen molar-refractivity contribution in [3.8, 4) is 0 Å². The Morgan fingerprint density at radius 2 is 1.73 bits per heavy atom. The molecule has 1 saturated carbocycles. The summed E-state index contributed by atoms with van der Waals surface area (Å²) in [6.45, 7) is 2.00. The van der Waals surface area contributed by atoms with E-state index in [1.807, 2.05) is 55.4 Å². The molecule has 26 heavy (non-hydrogen) atoms. The predicted molar refractivity (Wildman–Crippen MR) is 107 cm³/mol. The Hall–Kier alpha value is -1.22. The SMILES string of the molecule is C(=N[C@H]1CCCC[C@H]1N[CH-]c1ccccn1)c1ccccn1.[CH3-].[CH3-].[Cl][Pt]. The van der Waals surface area contributed by atoms with Crippen molar-refractivity contribution in [3.63, 3.8) is 0 Å². The summed E-state index contributed by atoms with van der Waals surface area (Å²) in [4.78, 5) is 13.4. The van der Waals surface area contributed by atoms with Gasteiger partial charge in [-0.1, -0.05) is 30.7 Å². The number of pyridine rings is 2. The summed E-state index contributed by atoms with van der Waals surface area (Å²) in [6, 6.07) is 12.5. The van der Waals surface area contributed by atoms with E-state index in [1.54, 1.807) is 25.0 Å². The fourth-order valence-corrected chi connectivity index (χ4v) is 2.76. The molecule has 2 aromatic heterocycles. The van der Waals surface area contributed by atoms with Crippen molar-refractivity contribution in [2.45, 2.75) is 37.8 Å². The van der Waals surface area contributed by atoms with E-state index >= 15 is 0 Å². The molecule has 3 rings (SSSR count). The van der Waals surface area contributed by atoms with Gasteiger partial charge in [0.05, 0.1) is 11.7 Å². The Bertz CT molecular complexity index is 595. The summed E-state index contributed by atoms with van der Waals surface area (Å²) in [5.41, 5.74) is 1.88. The summed E-state index contributed by atoms with van der Waals surface area (Å²) in [7, 11) is 4.61. The van der Waals surface area contributed by atoms with Gasteiger partial charge in [-0.05, 0) is 25.0 Å². The molecule has 6 heteroatoms. The molecule has 0 spiro atoms. The van der Waals surface area contributed by atoms with Crippen LogP contribution in [0.15, 0.2) is 53.8 Å². The Morgan fingerprint density at radius 1 is 1.04 bits per heavy atom.